The van der Waals surface area contributed by atoms with Crippen molar-refractivity contribution >= 4 is 33.2 Å². The van der Waals surface area contributed by atoms with Crippen molar-refractivity contribution in [1.29, 1.82) is 0 Å². The third kappa shape index (κ3) is 4.47. The molecule has 27 heavy (non-hydrogen) atoms. The molecule has 0 atom stereocenters. The highest BCUT2D eigenvalue weighted by Gasteiger charge is 2.17. The number of amides is 1. The molecule has 0 N–H and O–H groups in total. The zero-order valence-corrected chi connectivity index (χ0v) is 17.9. The Hall–Kier alpha value is -1.99. The van der Waals surface area contributed by atoms with E-state index in [0.717, 1.165) is 26.7 Å². The van der Waals surface area contributed by atoms with Gasteiger partial charge in [0, 0.05) is 39.9 Å². The molecule has 0 unspecified atom stereocenters. The molecule has 4 nitrogen and oxygen atoms in total. The van der Waals surface area contributed by atoms with Crippen LogP contribution in [0.5, 0.6) is 0 Å². The molecule has 3 rings (SSSR count). The lowest BCUT2D eigenvalue weighted by atomic mass is 10.2. The number of hydrogen-bond donors (Lipinski definition) is 0. The number of halogens is 2. The SMILES string of the molecule is CCN(Cc1cc(Br)ccc1F)C(=O)Cc1csc(-n2c(C)ccc2C)n1. The third-order valence-corrected chi connectivity index (χ3v) is 5.81. The first-order chi connectivity index (χ1) is 12.9. The van der Waals surface area contributed by atoms with Gasteiger partial charge in [-0.1, -0.05) is 15.9 Å². The van der Waals surface area contributed by atoms with Crippen molar-refractivity contribution in [1.82, 2.24) is 14.5 Å². The van der Waals surface area contributed by atoms with Gasteiger partial charge in [-0.05, 0) is 51.1 Å². The van der Waals surface area contributed by atoms with Crippen molar-refractivity contribution in [3.8, 4) is 5.13 Å². The number of thiazole rings is 1. The van der Waals surface area contributed by atoms with Crippen LogP contribution in [-0.2, 0) is 17.8 Å². The van der Waals surface area contributed by atoms with Crippen molar-refractivity contribution in [2.24, 2.45) is 0 Å². The maximum atomic E-state index is 14.0. The van der Waals surface area contributed by atoms with E-state index in [4.69, 9.17) is 0 Å². The van der Waals surface area contributed by atoms with Gasteiger partial charge < -0.3 is 4.90 Å². The average molecular weight is 450 g/mol. The second kappa shape index (κ2) is 8.35. The Kier molecular flexibility index (Phi) is 6.11. The molecule has 0 radical (unpaired) electrons. The maximum Gasteiger partial charge on any atom is 0.228 e. The zero-order valence-electron chi connectivity index (χ0n) is 15.5. The molecule has 0 aliphatic carbocycles. The normalized spacial score (nSPS) is 11.0. The van der Waals surface area contributed by atoms with Gasteiger partial charge in [-0.3, -0.25) is 9.36 Å². The Morgan fingerprint density at radius 3 is 2.63 bits per heavy atom. The van der Waals surface area contributed by atoms with Gasteiger partial charge in [0.25, 0.3) is 0 Å². The molecule has 2 aromatic heterocycles. The lowest BCUT2D eigenvalue weighted by Gasteiger charge is -2.21. The van der Waals surface area contributed by atoms with Gasteiger partial charge in [0.15, 0.2) is 5.13 Å². The first kappa shape index (κ1) is 19.8. The second-order valence-electron chi connectivity index (χ2n) is 6.39. The Morgan fingerprint density at radius 1 is 1.26 bits per heavy atom. The lowest BCUT2D eigenvalue weighted by molar-refractivity contribution is -0.130. The van der Waals surface area contributed by atoms with E-state index >= 15 is 0 Å². The molecule has 0 bridgehead atoms. The number of likely N-dealkylation sites (N-methyl/N-ethyl adjacent to an activating group) is 1. The van der Waals surface area contributed by atoms with Gasteiger partial charge >= 0.3 is 0 Å². The van der Waals surface area contributed by atoms with Crippen LogP contribution >= 0.6 is 27.3 Å². The van der Waals surface area contributed by atoms with E-state index in [1.807, 2.05) is 38.3 Å². The van der Waals surface area contributed by atoms with E-state index in [9.17, 15) is 9.18 Å². The highest BCUT2D eigenvalue weighted by atomic mass is 79.9. The van der Waals surface area contributed by atoms with Gasteiger partial charge in [0.2, 0.25) is 5.91 Å². The second-order valence-corrected chi connectivity index (χ2v) is 8.15. The molecule has 7 heteroatoms. The molecular formula is C20H21BrFN3OS. The number of carbonyl (C=O) groups excluding carboxylic acids is 1. The Balaban J connectivity index is 1.73. The fourth-order valence-electron chi connectivity index (χ4n) is 2.96. The average Bonchev–Trinajstić information content (AvgIpc) is 3.21. The molecule has 0 spiro atoms. The highest BCUT2D eigenvalue weighted by Crippen LogP contribution is 2.22. The van der Waals surface area contributed by atoms with Crippen molar-refractivity contribution in [2.75, 3.05) is 6.54 Å². The summed E-state index contributed by atoms with van der Waals surface area (Å²) in [4.78, 5) is 19.0. The van der Waals surface area contributed by atoms with E-state index < -0.39 is 0 Å². The Morgan fingerprint density at radius 2 is 1.96 bits per heavy atom. The molecule has 1 aromatic carbocycles. The fraction of sp³-hybridized carbons (Fsp3) is 0.300. The summed E-state index contributed by atoms with van der Waals surface area (Å²) in [6.07, 6.45) is 0.208. The number of aromatic nitrogens is 2. The number of aryl methyl sites for hydroxylation is 2. The van der Waals surface area contributed by atoms with E-state index in [1.54, 1.807) is 17.0 Å². The maximum absolute atomic E-state index is 14.0. The van der Waals surface area contributed by atoms with Gasteiger partial charge in [0.1, 0.15) is 5.82 Å². The van der Waals surface area contributed by atoms with E-state index in [2.05, 4.69) is 25.5 Å². The van der Waals surface area contributed by atoms with Crippen LogP contribution in [0.15, 0.2) is 40.2 Å². The molecular weight excluding hydrogens is 429 g/mol. The van der Waals surface area contributed by atoms with E-state index in [0.29, 0.717) is 12.1 Å². The van der Waals surface area contributed by atoms with E-state index in [1.165, 1.54) is 17.4 Å². The van der Waals surface area contributed by atoms with Gasteiger partial charge in [-0.15, -0.1) is 11.3 Å². The predicted molar refractivity (Wildman–Crippen MR) is 110 cm³/mol. The van der Waals surface area contributed by atoms with Crippen LogP contribution in [0, 0.1) is 19.7 Å². The number of hydrogen-bond acceptors (Lipinski definition) is 3. The van der Waals surface area contributed by atoms with Crippen molar-refractivity contribution < 1.29 is 9.18 Å². The summed E-state index contributed by atoms with van der Waals surface area (Å²) in [7, 11) is 0. The Bertz CT molecular complexity index is 947. The molecule has 0 aliphatic heterocycles. The van der Waals surface area contributed by atoms with Crippen LogP contribution < -0.4 is 0 Å². The molecule has 142 valence electrons. The summed E-state index contributed by atoms with van der Waals surface area (Å²) in [6, 6.07) is 8.87. The third-order valence-electron chi connectivity index (χ3n) is 4.44. The summed E-state index contributed by atoms with van der Waals surface area (Å²) in [5.74, 6) is -0.367. The molecule has 2 heterocycles. The number of rotatable bonds is 6. The first-order valence-electron chi connectivity index (χ1n) is 8.70. The standard InChI is InChI=1S/C20H21BrFN3OS/c1-4-24(11-15-9-16(21)7-8-18(15)22)19(26)10-17-12-27-20(23-17)25-13(2)5-6-14(25)3/h5-9,12H,4,10-11H2,1-3H3. The summed E-state index contributed by atoms with van der Waals surface area (Å²) in [6.45, 7) is 6.72. The predicted octanol–water partition coefficient (Wildman–Crippen LogP) is 5.04. The topological polar surface area (TPSA) is 38.1 Å². The van der Waals surface area contributed by atoms with Crippen molar-refractivity contribution in [2.45, 2.75) is 33.7 Å². The number of nitrogens with zero attached hydrogens (tertiary/aromatic N) is 3. The van der Waals surface area contributed by atoms with Crippen LogP contribution in [0.2, 0.25) is 0 Å². The van der Waals surface area contributed by atoms with Crippen LogP contribution in [0.3, 0.4) is 0 Å². The highest BCUT2D eigenvalue weighted by molar-refractivity contribution is 9.10. The largest absolute Gasteiger partial charge is 0.338 e. The van der Waals surface area contributed by atoms with Crippen LogP contribution in [0.4, 0.5) is 4.39 Å². The monoisotopic (exact) mass is 449 g/mol. The lowest BCUT2D eigenvalue weighted by Crippen LogP contribution is -2.32. The van der Waals surface area contributed by atoms with E-state index in [-0.39, 0.29) is 24.7 Å². The van der Waals surface area contributed by atoms with Crippen molar-refractivity contribution in [3.05, 3.63) is 68.6 Å². The fourth-order valence-corrected chi connectivity index (χ4v) is 4.31. The minimum absolute atomic E-state index is 0.0605. The van der Waals surface area contributed by atoms with Crippen LogP contribution in [-0.4, -0.2) is 26.9 Å². The molecule has 0 aliphatic rings. The van der Waals surface area contributed by atoms with Gasteiger partial charge in [0.05, 0.1) is 12.1 Å². The van der Waals surface area contributed by atoms with Gasteiger partial charge in [-0.2, -0.15) is 0 Å². The minimum atomic E-state index is -0.307. The van der Waals surface area contributed by atoms with Crippen LogP contribution in [0.25, 0.3) is 5.13 Å². The van der Waals surface area contributed by atoms with Crippen molar-refractivity contribution in [3.63, 3.8) is 0 Å². The zero-order chi connectivity index (χ0) is 19.6. The molecule has 3 aromatic rings. The molecule has 0 saturated carbocycles. The molecule has 0 fully saturated rings. The first-order valence-corrected chi connectivity index (χ1v) is 10.4. The summed E-state index contributed by atoms with van der Waals surface area (Å²) < 4.78 is 16.9. The smallest absolute Gasteiger partial charge is 0.228 e. The van der Waals surface area contributed by atoms with Crippen LogP contribution in [0.1, 0.15) is 29.6 Å². The number of carbonyl (C=O) groups is 1. The summed E-state index contributed by atoms with van der Waals surface area (Å²) in [5.41, 5.74) is 3.46. The van der Waals surface area contributed by atoms with Gasteiger partial charge in [-0.25, -0.2) is 9.37 Å². The molecule has 1 amide bonds. The number of benzene rings is 1. The summed E-state index contributed by atoms with van der Waals surface area (Å²) in [5, 5.41) is 2.78. The quantitative estimate of drug-likeness (QED) is 0.528. The summed E-state index contributed by atoms with van der Waals surface area (Å²) >= 11 is 4.87. The molecule has 0 saturated heterocycles. The Labute approximate surface area is 170 Å². The minimum Gasteiger partial charge on any atom is -0.338 e.